The molecule has 1 aliphatic heterocycles. The number of aryl methyl sites for hydroxylation is 1. The summed E-state index contributed by atoms with van der Waals surface area (Å²) in [6.07, 6.45) is 0. The van der Waals surface area contributed by atoms with Gasteiger partial charge in [0, 0.05) is 26.1 Å². The first-order valence-corrected chi connectivity index (χ1v) is 8.67. The molecule has 5 heteroatoms. The molecule has 1 heterocycles. The second-order valence-corrected chi connectivity index (χ2v) is 7.15. The van der Waals surface area contributed by atoms with E-state index in [0.717, 1.165) is 5.56 Å². The largest absolute Gasteiger partial charge is 0.344 e. The molecule has 1 aliphatic rings. The van der Waals surface area contributed by atoms with Crippen molar-refractivity contribution in [2.75, 3.05) is 25.9 Å². The van der Waals surface area contributed by atoms with Gasteiger partial charge in [-0.3, -0.25) is 9.59 Å². The fraction of sp³-hybridized carbons (Fsp3) is 0.529. The number of rotatable bonds is 5. The number of amides is 2. The lowest BCUT2D eigenvalue weighted by atomic mass is 10.1. The van der Waals surface area contributed by atoms with E-state index >= 15 is 0 Å². The topological polar surface area (TPSA) is 40.6 Å². The Morgan fingerprint density at radius 2 is 2.18 bits per heavy atom. The maximum atomic E-state index is 12.2. The van der Waals surface area contributed by atoms with Gasteiger partial charge in [-0.05, 0) is 12.5 Å². The van der Waals surface area contributed by atoms with Crippen LogP contribution in [-0.4, -0.2) is 47.5 Å². The van der Waals surface area contributed by atoms with E-state index in [9.17, 15) is 9.59 Å². The van der Waals surface area contributed by atoms with Gasteiger partial charge in [-0.2, -0.15) is 0 Å². The van der Waals surface area contributed by atoms with Crippen LogP contribution in [-0.2, 0) is 9.59 Å². The van der Waals surface area contributed by atoms with E-state index in [4.69, 9.17) is 0 Å². The van der Waals surface area contributed by atoms with Crippen molar-refractivity contribution < 1.29 is 9.59 Å². The van der Waals surface area contributed by atoms with Crippen LogP contribution in [0.3, 0.4) is 0 Å². The zero-order valence-corrected chi connectivity index (χ0v) is 14.5. The van der Waals surface area contributed by atoms with Crippen LogP contribution in [0.25, 0.3) is 0 Å². The Balaban J connectivity index is 2.04. The number of benzene rings is 1. The van der Waals surface area contributed by atoms with E-state index in [1.54, 1.807) is 23.7 Å². The second kappa shape index (κ2) is 7.18. The lowest BCUT2D eigenvalue weighted by Gasteiger charge is -2.27. The van der Waals surface area contributed by atoms with Crippen LogP contribution in [0.1, 0.15) is 30.3 Å². The Hall–Kier alpha value is -1.49. The van der Waals surface area contributed by atoms with E-state index < -0.39 is 0 Å². The van der Waals surface area contributed by atoms with Crippen molar-refractivity contribution in [3.8, 4) is 0 Å². The summed E-state index contributed by atoms with van der Waals surface area (Å²) in [5.74, 6) is 0.773. The summed E-state index contributed by atoms with van der Waals surface area (Å²) in [4.78, 5) is 27.7. The van der Waals surface area contributed by atoms with Gasteiger partial charge in [0.2, 0.25) is 11.8 Å². The molecule has 2 rings (SSSR count). The van der Waals surface area contributed by atoms with Crippen molar-refractivity contribution in [1.82, 2.24) is 9.80 Å². The average molecular weight is 320 g/mol. The van der Waals surface area contributed by atoms with Gasteiger partial charge in [-0.15, -0.1) is 11.8 Å². The number of carbonyl (C=O) groups is 2. The summed E-state index contributed by atoms with van der Waals surface area (Å²) in [5.41, 5.74) is 2.36. The van der Waals surface area contributed by atoms with E-state index in [0.29, 0.717) is 18.8 Å². The van der Waals surface area contributed by atoms with Crippen molar-refractivity contribution in [1.29, 1.82) is 0 Å². The molecule has 0 radical (unpaired) electrons. The SMILES string of the molecule is Cc1cccc([C@H]2SCC(=O)N2CCN(C)C(=O)C(C)C)c1. The van der Waals surface area contributed by atoms with Gasteiger partial charge < -0.3 is 9.80 Å². The van der Waals surface area contributed by atoms with Crippen LogP contribution >= 0.6 is 11.8 Å². The molecule has 120 valence electrons. The molecule has 4 nitrogen and oxygen atoms in total. The Labute approximate surface area is 136 Å². The van der Waals surface area contributed by atoms with E-state index in [1.807, 2.05) is 24.8 Å². The van der Waals surface area contributed by atoms with Crippen molar-refractivity contribution >= 4 is 23.6 Å². The quantitative estimate of drug-likeness (QED) is 0.837. The smallest absolute Gasteiger partial charge is 0.233 e. The molecule has 1 aromatic carbocycles. The third-order valence-corrected chi connectivity index (χ3v) is 5.10. The normalized spacial score (nSPS) is 18.1. The van der Waals surface area contributed by atoms with Gasteiger partial charge in [-0.1, -0.05) is 43.7 Å². The third-order valence-electron chi connectivity index (χ3n) is 3.84. The predicted molar refractivity (Wildman–Crippen MR) is 90.6 cm³/mol. The molecule has 0 bridgehead atoms. The van der Waals surface area contributed by atoms with Gasteiger partial charge in [0.05, 0.1) is 5.75 Å². The van der Waals surface area contributed by atoms with Crippen LogP contribution in [0.4, 0.5) is 0 Å². The van der Waals surface area contributed by atoms with E-state index in [1.165, 1.54) is 5.56 Å². The number of carbonyl (C=O) groups excluding carboxylic acids is 2. The number of hydrogen-bond donors (Lipinski definition) is 0. The minimum absolute atomic E-state index is 0.0128. The van der Waals surface area contributed by atoms with Gasteiger partial charge in [0.1, 0.15) is 5.37 Å². The second-order valence-electron chi connectivity index (χ2n) is 6.08. The molecule has 0 aliphatic carbocycles. The minimum atomic E-state index is -0.0128. The highest BCUT2D eigenvalue weighted by Crippen LogP contribution is 2.38. The predicted octanol–water partition coefficient (Wildman–Crippen LogP) is 2.68. The molecule has 1 atom stereocenters. The molecule has 22 heavy (non-hydrogen) atoms. The summed E-state index contributed by atoms with van der Waals surface area (Å²) in [6, 6.07) is 8.29. The Kier molecular flexibility index (Phi) is 5.51. The summed E-state index contributed by atoms with van der Waals surface area (Å²) in [5, 5.41) is 0.0648. The fourth-order valence-electron chi connectivity index (χ4n) is 2.60. The molecule has 0 N–H and O–H groups in total. The van der Waals surface area contributed by atoms with Crippen LogP contribution < -0.4 is 0 Å². The van der Waals surface area contributed by atoms with Crippen molar-refractivity contribution in [2.24, 2.45) is 5.92 Å². The van der Waals surface area contributed by atoms with Crippen LogP contribution in [0, 0.1) is 12.8 Å². The summed E-state index contributed by atoms with van der Waals surface area (Å²) < 4.78 is 0. The van der Waals surface area contributed by atoms with Crippen molar-refractivity contribution in [2.45, 2.75) is 26.1 Å². The molecule has 1 aromatic rings. The molecule has 2 amide bonds. The number of nitrogens with zero attached hydrogens (tertiary/aromatic N) is 2. The number of likely N-dealkylation sites (N-methyl/N-ethyl adjacent to an activating group) is 1. The maximum Gasteiger partial charge on any atom is 0.233 e. The monoisotopic (exact) mass is 320 g/mol. The third kappa shape index (κ3) is 3.83. The van der Waals surface area contributed by atoms with Gasteiger partial charge in [0.25, 0.3) is 0 Å². The maximum absolute atomic E-state index is 12.2. The summed E-state index contributed by atoms with van der Waals surface area (Å²) in [6.45, 7) is 7.01. The average Bonchev–Trinajstić information content (AvgIpc) is 2.85. The van der Waals surface area contributed by atoms with Crippen molar-refractivity contribution in [3.05, 3.63) is 35.4 Å². The zero-order chi connectivity index (χ0) is 16.3. The van der Waals surface area contributed by atoms with Crippen LogP contribution in [0.15, 0.2) is 24.3 Å². The van der Waals surface area contributed by atoms with Crippen LogP contribution in [0.2, 0.25) is 0 Å². The molecular weight excluding hydrogens is 296 g/mol. The van der Waals surface area contributed by atoms with Crippen molar-refractivity contribution in [3.63, 3.8) is 0 Å². The first-order chi connectivity index (χ1) is 10.4. The first kappa shape index (κ1) is 16.9. The fourth-order valence-corrected chi connectivity index (χ4v) is 3.81. The summed E-state index contributed by atoms with van der Waals surface area (Å²) >= 11 is 1.66. The molecule has 0 spiro atoms. The van der Waals surface area contributed by atoms with Gasteiger partial charge in [0.15, 0.2) is 0 Å². The van der Waals surface area contributed by atoms with Crippen LogP contribution in [0.5, 0.6) is 0 Å². The number of hydrogen-bond acceptors (Lipinski definition) is 3. The van der Waals surface area contributed by atoms with Gasteiger partial charge in [-0.25, -0.2) is 0 Å². The number of thioether (sulfide) groups is 1. The Morgan fingerprint density at radius 3 is 2.82 bits per heavy atom. The lowest BCUT2D eigenvalue weighted by molar-refractivity contribution is -0.135. The molecule has 0 aromatic heterocycles. The molecule has 1 saturated heterocycles. The minimum Gasteiger partial charge on any atom is -0.344 e. The van der Waals surface area contributed by atoms with E-state index in [-0.39, 0.29) is 23.1 Å². The standard InChI is InChI=1S/C17H24N2O2S/c1-12(2)16(21)18(4)8-9-19-15(20)11-22-17(19)14-7-5-6-13(3)10-14/h5-7,10,12,17H,8-9,11H2,1-4H3/t17-/m1/s1. The highest BCUT2D eigenvalue weighted by atomic mass is 32.2. The lowest BCUT2D eigenvalue weighted by Crippen LogP contribution is -2.39. The molecule has 0 saturated carbocycles. The Morgan fingerprint density at radius 1 is 1.45 bits per heavy atom. The zero-order valence-electron chi connectivity index (χ0n) is 13.7. The molecule has 0 unspecified atom stereocenters. The summed E-state index contributed by atoms with van der Waals surface area (Å²) in [7, 11) is 1.80. The first-order valence-electron chi connectivity index (χ1n) is 7.62. The Bertz CT molecular complexity index is 559. The van der Waals surface area contributed by atoms with Gasteiger partial charge >= 0.3 is 0 Å². The molecular formula is C17H24N2O2S. The molecule has 1 fully saturated rings. The highest BCUT2D eigenvalue weighted by Gasteiger charge is 2.32. The van der Waals surface area contributed by atoms with E-state index in [2.05, 4.69) is 25.1 Å². The highest BCUT2D eigenvalue weighted by molar-refractivity contribution is 8.00.